The van der Waals surface area contributed by atoms with Crippen LogP contribution in [0.3, 0.4) is 0 Å². The van der Waals surface area contributed by atoms with E-state index in [4.69, 9.17) is 21.1 Å². The predicted molar refractivity (Wildman–Crippen MR) is 122 cm³/mol. The summed E-state index contributed by atoms with van der Waals surface area (Å²) in [5, 5.41) is 4.71. The maximum atomic E-state index is 12.6. The number of ether oxygens (including phenoxy) is 2. The van der Waals surface area contributed by atoms with Crippen molar-refractivity contribution in [2.75, 3.05) is 14.2 Å². The van der Waals surface area contributed by atoms with Gasteiger partial charge in [0.2, 0.25) is 0 Å². The zero-order chi connectivity index (χ0) is 22.4. The highest BCUT2D eigenvalue weighted by Crippen LogP contribution is 2.29. The molecule has 3 rings (SSSR count). The summed E-state index contributed by atoms with van der Waals surface area (Å²) in [5.74, 6) is 1.04. The van der Waals surface area contributed by atoms with Crippen molar-refractivity contribution in [3.63, 3.8) is 0 Å². The Kier molecular flexibility index (Phi) is 7.20. The Bertz CT molecular complexity index is 1180. The van der Waals surface area contributed by atoms with Crippen LogP contribution in [-0.2, 0) is 16.6 Å². The van der Waals surface area contributed by atoms with Gasteiger partial charge in [0.1, 0.15) is 6.61 Å². The third-order valence-electron chi connectivity index (χ3n) is 4.56. The standard InChI is InChI=1S/C23H23ClN2O4S/c1-17-8-11-20(12-9-17)31(27,28)26(2)25-15-18-10-13-22(23(14-18)29-3)30-16-19-6-4-5-7-21(19)24/h4-15H,16H2,1-3H3. The lowest BCUT2D eigenvalue weighted by molar-refractivity contribution is 0.284. The minimum Gasteiger partial charge on any atom is -0.493 e. The number of hydrazone groups is 1. The van der Waals surface area contributed by atoms with Crippen LogP contribution in [0, 0.1) is 6.92 Å². The molecule has 0 aromatic heterocycles. The number of nitrogens with zero attached hydrogens (tertiary/aromatic N) is 2. The van der Waals surface area contributed by atoms with Gasteiger partial charge in [-0.25, -0.2) is 0 Å². The summed E-state index contributed by atoms with van der Waals surface area (Å²) < 4.78 is 37.5. The van der Waals surface area contributed by atoms with Gasteiger partial charge in [0.25, 0.3) is 10.0 Å². The Hall–Kier alpha value is -3.03. The third-order valence-corrected chi connectivity index (χ3v) is 6.59. The van der Waals surface area contributed by atoms with E-state index >= 15 is 0 Å². The van der Waals surface area contributed by atoms with Crippen molar-refractivity contribution in [3.05, 3.63) is 88.4 Å². The molecule has 0 aliphatic rings. The Balaban J connectivity index is 1.73. The van der Waals surface area contributed by atoms with Gasteiger partial charge in [0.15, 0.2) is 11.5 Å². The Labute approximate surface area is 187 Å². The third kappa shape index (κ3) is 5.57. The average Bonchev–Trinajstić information content (AvgIpc) is 2.77. The summed E-state index contributed by atoms with van der Waals surface area (Å²) in [6.07, 6.45) is 1.45. The molecule has 3 aromatic carbocycles. The summed E-state index contributed by atoms with van der Waals surface area (Å²) >= 11 is 6.17. The summed E-state index contributed by atoms with van der Waals surface area (Å²) in [6, 6.07) is 19.3. The van der Waals surface area contributed by atoms with E-state index in [0.717, 1.165) is 15.5 Å². The van der Waals surface area contributed by atoms with Crippen LogP contribution in [0.15, 0.2) is 76.7 Å². The molecule has 0 saturated heterocycles. The summed E-state index contributed by atoms with van der Waals surface area (Å²) in [6.45, 7) is 2.19. The zero-order valence-corrected chi connectivity index (χ0v) is 19.0. The Morgan fingerprint density at radius 1 is 1.03 bits per heavy atom. The first-order valence-electron chi connectivity index (χ1n) is 9.45. The van der Waals surface area contributed by atoms with Gasteiger partial charge in [-0.3, -0.25) is 0 Å². The molecule has 162 valence electrons. The first-order valence-corrected chi connectivity index (χ1v) is 11.3. The molecule has 0 fully saturated rings. The van der Waals surface area contributed by atoms with Crippen LogP contribution in [0.5, 0.6) is 11.5 Å². The molecule has 0 heterocycles. The molecule has 6 nitrogen and oxygen atoms in total. The highest BCUT2D eigenvalue weighted by atomic mass is 35.5. The molecule has 0 aliphatic carbocycles. The van der Waals surface area contributed by atoms with Crippen LogP contribution >= 0.6 is 11.6 Å². The summed E-state index contributed by atoms with van der Waals surface area (Å²) in [7, 11) is -0.799. The van der Waals surface area contributed by atoms with Crippen molar-refractivity contribution in [2.45, 2.75) is 18.4 Å². The van der Waals surface area contributed by atoms with Gasteiger partial charge in [0.05, 0.1) is 18.2 Å². The molecule has 0 aliphatic heterocycles. The number of benzene rings is 3. The molecule has 0 N–H and O–H groups in total. The fourth-order valence-corrected chi connectivity index (χ4v) is 3.87. The summed E-state index contributed by atoms with van der Waals surface area (Å²) in [5.41, 5.74) is 2.50. The molecule has 0 atom stereocenters. The number of aryl methyl sites for hydroxylation is 1. The second-order valence-corrected chi connectivity index (χ2v) is 9.14. The molecular formula is C23H23ClN2O4S. The van der Waals surface area contributed by atoms with Gasteiger partial charge in [-0.2, -0.15) is 17.9 Å². The van der Waals surface area contributed by atoms with Gasteiger partial charge < -0.3 is 9.47 Å². The van der Waals surface area contributed by atoms with Crippen molar-refractivity contribution in [1.82, 2.24) is 4.41 Å². The number of hydrogen-bond acceptors (Lipinski definition) is 5. The fraction of sp³-hybridized carbons (Fsp3) is 0.174. The second-order valence-electron chi connectivity index (χ2n) is 6.79. The van der Waals surface area contributed by atoms with Crippen LogP contribution in [0.4, 0.5) is 0 Å². The Morgan fingerprint density at radius 2 is 1.74 bits per heavy atom. The monoisotopic (exact) mass is 458 g/mol. The molecule has 0 amide bonds. The van der Waals surface area contributed by atoms with E-state index < -0.39 is 10.0 Å². The van der Waals surface area contributed by atoms with Gasteiger partial charge >= 0.3 is 0 Å². The molecule has 0 radical (unpaired) electrons. The van der Waals surface area contributed by atoms with Crippen LogP contribution in [-0.4, -0.2) is 33.2 Å². The van der Waals surface area contributed by atoms with E-state index in [-0.39, 0.29) is 4.90 Å². The predicted octanol–water partition coefficient (Wildman–Crippen LogP) is 4.89. The van der Waals surface area contributed by atoms with Crippen molar-refractivity contribution < 1.29 is 17.9 Å². The van der Waals surface area contributed by atoms with Crippen molar-refractivity contribution in [1.29, 1.82) is 0 Å². The fourth-order valence-electron chi connectivity index (χ4n) is 2.73. The number of halogens is 1. The van der Waals surface area contributed by atoms with Crippen molar-refractivity contribution in [3.8, 4) is 11.5 Å². The first-order chi connectivity index (χ1) is 14.8. The van der Waals surface area contributed by atoms with E-state index in [1.165, 1.54) is 20.4 Å². The highest BCUT2D eigenvalue weighted by molar-refractivity contribution is 7.89. The Morgan fingerprint density at radius 3 is 2.42 bits per heavy atom. The van der Waals surface area contributed by atoms with Gasteiger partial charge in [0, 0.05) is 17.6 Å². The minimum atomic E-state index is -3.73. The second kappa shape index (κ2) is 9.85. The first kappa shape index (κ1) is 22.7. The van der Waals surface area contributed by atoms with Gasteiger partial charge in [-0.15, -0.1) is 0 Å². The minimum absolute atomic E-state index is 0.179. The normalized spacial score (nSPS) is 11.5. The van der Waals surface area contributed by atoms with Crippen LogP contribution in [0.25, 0.3) is 0 Å². The van der Waals surface area contributed by atoms with Gasteiger partial charge in [-0.1, -0.05) is 47.5 Å². The molecule has 3 aromatic rings. The number of sulfonamides is 1. The smallest absolute Gasteiger partial charge is 0.278 e. The SMILES string of the molecule is COc1cc(C=NN(C)S(=O)(=O)c2ccc(C)cc2)ccc1OCc1ccccc1Cl. The molecule has 0 unspecified atom stereocenters. The van der Waals surface area contributed by atoms with E-state index in [1.807, 2.05) is 25.1 Å². The lowest BCUT2D eigenvalue weighted by Crippen LogP contribution is -2.21. The molecular weight excluding hydrogens is 436 g/mol. The lowest BCUT2D eigenvalue weighted by Gasteiger charge is -2.14. The lowest BCUT2D eigenvalue weighted by atomic mass is 10.2. The number of methoxy groups -OCH3 is 1. The maximum Gasteiger partial charge on any atom is 0.278 e. The molecule has 31 heavy (non-hydrogen) atoms. The molecule has 0 spiro atoms. The molecule has 0 bridgehead atoms. The largest absolute Gasteiger partial charge is 0.493 e. The topological polar surface area (TPSA) is 68.2 Å². The quantitative estimate of drug-likeness (QED) is 0.356. The van der Waals surface area contributed by atoms with Crippen LogP contribution in [0.2, 0.25) is 5.02 Å². The van der Waals surface area contributed by atoms with Crippen molar-refractivity contribution >= 4 is 27.8 Å². The van der Waals surface area contributed by atoms with E-state index in [0.29, 0.717) is 28.7 Å². The number of hydrogen-bond donors (Lipinski definition) is 0. The maximum absolute atomic E-state index is 12.6. The van der Waals surface area contributed by atoms with Crippen molar-refractivity contribution in [2.24, 2.45) is 5.10 Å². The average molecular weight is 459 g/mol. The summed E-state index contributed by atoms with van der Waals surface area (Å²) in [4.78, 5) is 0.179. The van der Waals surface area contributed by atoms with E-state index in [9.17, 15) is 8.42 Å². The molecule has 0 saturated carbocycles. The van der Waals surface area contributed by atoms with Gasteiger partial charge in [-0.05, 0) is 48.9 Å². The van der Waals surface area contributed by atoms with Crippen LogP contribution < -0.4 is 9.47 Å². The van der Waals surface area contributed by atoms with E-state index in [1.54, 1.807) is 48.5 Å². The zero-order valence-electron chi connectivity index (χ0n) is 17.4. The van der Waals surface area contributed by atoms with Crippen LogP contribution in [0.1, 0.15) is 16.7 Å². The van der Waals surface area contributed by atoms with E-state index in [2.05, 4.69) is 5.10 Å². The highest BCUT2D eigenvalue weighted by Gasteiger charge is 2.18. The number of rotatable bonds is 8. The molecule has 8 heteroatoms.